The summed E-state index contributed by atoms with van der Waals surface area (Å²) < 4.78 is 0. The molecule has 1 aliphatic rings. The lowest BCUT2D eigenvalue weighted by Crippen LogP contribution is -2.45. The SMILES string of the molecule is CN(CC(=O)N(C)c1ccccc1)CC1CCCCN1. The second kappa shape index (κ2) is 7.41. The fourth-order valence-electron chi connectivity index (χ4n) is 2.65. The van der Waals surface area contributed by atoms with Crippen LogP contribution in [0, 0.1) is 0 Å². The highest BCUT2D eigenvalue weighted by molar-refractivity contribution is 5.94. The lowest BCUT2D eigenvalue weighted by Gasteiger charge is -2.29. The van der Waals surface area contributed by atoms with Gasteiger partial charge in [-0.1, -0.05) is 24.6 Å². The Kier molecular flexibility index (Phi) is 5.56. The van der Waals surface area contributed by atoms with Crippen LogP contribution in [0.25, 0.3) is 0 Å². The average Bonchev–Trinajstić information content (AvgIpc) is 2.48. The van der Waals surface area contributed by atoms with Gasteiger partial charge in [-0.05, 0) is 38.6 Å². The van der Waals surface area contributed by atoms with Crippen molar-refractivity contribution in [3.8, 4) is 0 Å². The molecule has 20 heavy (non-hydrogen) atoms. The van der Waals surface area contributed by atoms with Crippen LogP contribution >= 0.6 is 0 Å². The molecule has 0 aliphatic carbocycles. The topological polar surface area (TPSA) is 35.6 Å². The van der Waals surface area contributed by atoms with Crippen LogP contribution in [-0.4, -0.2) is 50.6 Å². The number of amides is 1. The van der Waals surface area contributed by atoms with E-state index < -0.39 is 0 Å². The Morgan fingerprint density at radius 3 is 2.65 bits per heavy atom. The number of para-hydroxylation sites is 1. The van der Waals surface area contributed by atoms with Crippen LogP contribution in [0.1, 0.15) is 19.3 Å². The maximum Gasteiger partial charge on any atom is 0.240 e. The fraction of sp³-hybridized carbons (Fsp3) is 0.562. The van der Waals surface area contributed by atoms with Gasteiger partial charge in [0.1, 0.15) is 0 Å². The highest BCUT2D eigenvalue weighted by Crippen LogP contribution is 2.12. The molecule has 110 valence electrons. The zero-order valence-electron chi connectivity index (χ0n) is 12.5. The van der Waals surface area contributed by atoms with E-state index in [1.807, 2.05) is 44.4 Å². The number of benzene rings is 1. The molecule has 1 N–H and O–H groups in total. The summed E-state index contributed by atoms with van der Waals surface area (Å²) >= 11 is 0. The minimum atomic E-state index is 0.134. The number of carbonyl (C=O) groups is 1. The smallest absolute Gasteiger partial charge is 0.240 e. The maximum absolute atomic E-state index is 12.3. The van der Waals surface area contributed by atoms with Crippen LogP contribution < -0.4 is 10.2 Å². The summed E-state index contributed by atoms with van der Waals surface area (Å²) in [6.07, 6.45) is 3.78. The highest BCUT2D eigenvalue weighted by Gasteiger charge is 2.18. The highest BCUT2D eigenvalue weighted by atomic mass is 16.2. The van der Waals surface area contributed by atoms with Crippen molar-refractivity contribution in [2.45, 2.75) is 25.3 Å². The number of rotatable bonds is 5. The summed E-state index contributed by atoms with van der Waals surface area (Å²) in [6.45, 7) is 2.51. The van der Waals surface area contributed by atoms with Crippen molar-refractivity contribution in [3.05, 3.63) is 30.3 Å². The van der Waals surface area contributed by atoms with Gasteiger partial charge in [-0.2, -0.15) is 0 Å². The van der Waals surface area contributed by atoms with E-state index in [2.05, 4.69) is 10.2 Å². The number of nitrogens with zero attached hydrogens (tertiary/aromatic N) is 2. The van der Waals surface area contributed by atoms with E-state index in [0.717, 1.165) is 18.8 Å². The van der Waals surface area contributed by atoms with Gasteiger partial charge < -0.3 is 10.2 Å². The van der Waals surface area contributed by atoms with Crippen LogP contribution in [0.2, 0.25) is 0 Å². The number of nitrogens with one attached hydrogen (secondary N) is 1. The standard InChI is InChI=1S/C16H25N3O/c1-18(12-14-8-6-7-11-17-14)13-16(20)19(2)15-9-4-3-5-10-15/h3-5,9-10,14,17H,6-8,11-13H2,1-2H3. The Labute approximate surface area is 121 Å². The number of piperidine rings is 1. The summed E-state index contributed by atoms with van der Waals surface area (Å²) in [7, 11) is 3.86. The summed E-state index contributed by atoms with van der Waals surface area (Å²) in [5, 5.41) is 3.52. The number of hydrogen-bond donors (Lipinski definition) is 1. The molecule has 0 bridgehead atoms. The third kappa shape index (κ3) is 4.32. The van der Waals surface area contributed by atoms with Crippen molar-refractivity contribution in [3.63, 3.8) is 0 Å². The van der Waals surface area contributed by atoms with E-state index in [1.165, 1.54) is 19.3 Å². The molecule has 4 heteroatoms. The summed E-state index contributed by atoms with van der Waals surface area (Å²) in [4.78, 5) is 16.1. The molecule has 1 unspecified atom stereocenters. The Morgan fingerprint density at radius 2 is 2.00 bits per heavy atom. The van der Waals surface area contributed by atoms with Gasteiger partial charge in [0.05, 0.1) is 6.54 Å². The molecule has 1 aromatic rings. The van der Waals surface area contributed by atoms with Crippen molar-refractivity contribution >= 4 is 11.6 Å². The molecule has 2 rings (SSSR count). The van der Waals surface area contributed by atoms with Gasteiger partial charge in [-0.25, -0.2) is 0 Å². The molecule has 1 aliphatic heterocycles. The van der Waals surface area contributed by atoms with Crippen LogP contribution in [0.3, 0.4) is 0 Å². The molecule has 4 nitrogen and oxygen atoms in total. The molecule has 1 heterocycles. The zero-order chi connectivity index (χ0) is 14.4. The fourth-order valence-corrected chi connectivity index (χ4v) is 2.65. The van der Waals surface area contributed by atoms with Gasteiger partial charge in [0.25, 0.3) is 0 Å². The van der Waals surface area contributed by atoms with Crippen molar-refractivity contribution in [1.82, 2.24) is 10.2 Å². The monoisotopic (exact) mass is 275 g/mol. The zero-order valence-corrected chi connectivity index (χ0v) is 12.5. The normalized spacial score (nSPS) is 19.1. The first kappa shape index (κ1) is 15.0. The molecule has 0 aromatic heterocycles. The molecule has 1 amide bonds. The molecular weight excluding hydrogens is 250 g/mol. The minimum absolute atomic E-state index is 0.134. The molecule has 1 saturated heterocycles. The van der Waals surface area contributed by atoms with Crippen LogP contribution in [0.15, 0.2) is 30.3 Å². The van der Waals surface area contributed by atoms with E-state index in [0.29, 0.717) is 12.6 Å². The maximum atomic E-state index is 12.3. The second-order valence-electron chi connectivity index (χ2n) is 5.63. The minimum Gasteiger partial charge on any atom is -0.314 e. The first-order valence-electron chi connectivity index (χ1n) is 7.40. The lowest BCUT2D eigenvalue weighted by molar-refractivity contribution is -0.119. The van der Waals surface area contributed by atoms with E-state index in [9.17, 15) is 4.79 Å². The average molecular weight is 275 g/mol. The van der Waals surface area contributed by atoms with Gasteiger partial charge >= 0.3 is 0 Å². The van der Waals surface area contributed by atoms with Crippen molar-refractivity contribution in [1.29, 1.82) is 0 Å². The number of carbonyl (C=O) groups excluding carboxylic acids is 1. The summed E-state index contributed by atoms with van der Waals surface area (Å²) in [5.74, 6) is 0.134. The van der Waals surface area contributed by atoms with Gasteiger partial charge in [-0.15, -0.1) is 0 Å². The van der Waals surface area contributed by atoms with E-state index in [4.69, 9.17) is 0 Å². The third-order valence-electron chi connectivity index (χ3n) is 3.87. The van der Waals surface area contributed by atoms with E-state index in [1.54, 1.807) is 4.90 Å². The molecule has 0 radical (unpaired) electrons. The van der Waals surface area contributed by atoms with E-state index in [-0.39, 0.29) is 5.91 Å². The lowest BCUT2D eigenvalue weighted by atomic mass is 10.0. The summed E-state index contributed by atoms with van der Waals surface area (Å²) in [6, 6.07) is 10.3. The Morgan fingerprint density at radius 1 is 1.25 bits per heavy atom. The van der Waals surface area contributed by atoms with E-state index >= 15 is 0 Å². The predicted octanol–water partition coefficient (Wildman–Crippen LogP) is 1.72. The van der Waals surface area contributed by atoms with Crippen molar-refractivity contribution in [2.75, 3.05) is 38.6 Å². The Balaban J connectivity index is 1.81. The van der Waals surface area contributed by atoms with Crippen LogP contribution in [0.4, 0.5) is 5.69 Å². The number of hydrogen-bond acceptors (Lipinski definition) is 3. The second-order valence-corrected chi connectivity index (χ2v) is 5.63. The molecule has 1 fully saturated rings. The Bertz CT molecular complexity index is 415. The van der Waals surface area contributed by atoms with Crippen molar-refractivity contribution < 1.29 is 4.79 Å². The van der Waals surface area contributed by atoms with Gasteiger partial charge in [-0.3, -0.25) is 9.69 Å². The van der Waals surface area contributed by atoms with Crippen LogP contribution in [-0.2, 0) is 4.79 Å². The summed E-state index contributed by atoms with van der Waals surface area (Å²) in [5.41, 5.74) is 0.946. The number of likely N-dealkylation sites (N-methyl/N-ethyl adjacent to an activating group) is 2. The van der Waals surface area contributed by atoms with Gasteiger partial charge in [0.2, 0.25) is 5.91 Å². The molecule has 1 aromatic carbocycles. The molecule has 0 spiro atoms. The third-order valence-corrected chi connectivity index (χ3v) is 3.87. The number of anilines is 1. The predicted molar refractivity (Wildman–Crippen MR) is 83.0 cm³/mol. The molecule has 1 atom stereocenters. The Hall–Kier alpha value is -1.39. The largest absolute Gasteiger partial charge is 0.314 e. The van der Waals surface area contributed by atoms with Gasteiger partial charge in [0, 0.05) is 25.3 Å². The van der Waals surface area contributed by atoms with Crippen molar-refractivity contribution in [2.24, 2.45) is 0 Å². The van der Waals surface area contributed by atoms with Gasteiger partial charge in [0.15, 0.2) is 0 Å². The van der Waals surface area contributed by atoms with Crippen LogP contribution in [0.5, 0.6) is 0 Å². The molecule has 0 saturated carbocycles. The first-order chi connectivity index (χ1) is 9.66. The quantitative estimate of drug-likeness (QED) is 0.889. The molecular formula is C16H25N3O. The first-order valence-corrected chi connectivity index (χ1v) is 7.40.